The van der Waals surface area contributed by atoms with Gasteiger partial charge < -0.3 is 4.74 Å². The molecule has 1 aromatic heterocycles. The zero-order chi connectivity index (χ0) is 18.5. The van der Waals surface area contributed by atoms with Crippen LogP contribution in [0, 0.1) is 0 Å². The molecule has 9 heteroatoms. The van der Waals surface area contributed by atoms with Crippen LogP contribution >= 0.6 is 11.3 Å². The molecule has 2 aromatic rings. The number of methoxy groups -OCH3 is 1. The van der Waals surface area contributed by atoms with E-state index in [-0.39, 0.29) is 16.5 Å². The van der Waals surface area contributed by atoms with E-state index in [2.05, 4.69) is 4.72 Å². The van der Waals surface area contributed by atoms with Crippen LogP contribution in [0.2, 0.25) is 0 Å². The highest BCUT2D eigenvalue weighted by Gasteiger charge is 2.31. The molecular formula is C16H21NO5S3. The third-order valence-corrected chi connectivity index (χ3v) is 8.68. The number of sulfonamides is 1. The van der Waals surface area contributed by atoms with Gasteiger partial charge in [-0.3, -0.25) is 0 Å². The summed E-state index contributed by atoms with van der Waals surface area (Å²) in [7, 11) is -5.71. The van der Waals surface area contributed by atoms with E-state index in [1.807, 2.05) is 0 Å². The fourth-order valence-electron chi connectivity index (χ4n) is 2.33. The number of hydrogen-bond donors (Lipinski definition) is 1. The van der Waals surface area contributed by atoms with E-state index in [0.717, 1.165) is 11.3 Å². The predicted molar refractivity (Wildman–Crippen MR) is 99.3 cm³/mol. The van der Waals surface area contributed by atoms with Gasteiger partial charge in [-0.25, -0.2) is 21.6 Å². The summed E-state index contributed by atoms with van der Waals surface area (Å²) in [5.74, 6) is 0.559. The van der Waals surface area contributed by atoms with Gasteiger partial charge in [0.1, 0.15) is 15.2 Å². The Morgan fingerprint density at radius 3 is 2.32 bits per heavy atom. The van der Waals surface area contributed by atoms with Crippen molar-refractivity contribution >= 4 is 31.2 Å². The fraction of sp³-hybridized carbons (Fsp3) is 0.375. The first-order valence-electron chi connectivity index (χ1n) is 7.69. The molecule has 1 heterocycles. The molecule has 0 fully saturated rings. The smallest absolute Gasteiger partial charge is 0.211 e. The van der Waals surface area contributed by atoms with Gasteiger partial charge in [0.2, 0.25) is 10.0 Å². The molecule has 138 valence electrons. The largest absolute Gasteiger partial charge is 0.497 e. The SMILES string of the molecule is CCCS(=O)(=O)NC[C@@H](c1ccc(OC)cc1)S(=O)(=O)c1cccs1. The monoisotopic (exact) mass is 403 g/mol. The van der Waals surface area contributed by atoms with Gasteiger partial charge in [-0.05, 0) is 35.6 Å². The van der Waals surface area contributed by atoms with Crippen LogP contribution in [0.4, 0.5) is 0 Å². The number of hydrogen-bond acceptors (Lipinski definition) is 6. The molecule has 0 aliphatic carbocycles. The van der Waals surface area contributed by atoms with E-state index < -0.39 is 25.1 Å². The minimum atomic E-state index is -3.72. The fourth-order valence-corrected chi connectivity index (χ4v) is 6.41. The molecule has 1 atom stereocenters. The van der Waals surface area contributed by atoms with Crippen LogP contribution in [0.15, 0.2) is 46.0 Å². The average molecular weight is 404 g/mol. The van der Waals surface area contributed by atoms with Gasteiger partial charge in [0.15, 0.2) is 9.84 Å². The number of rotatable bonds is 9. The second kappa shape index (κ2) is 8.31. The highest BCUT2D eigenvalue weighted by atomic mass is 32.2. The molecule has 0 unspecified atom stereocenters. The Balaban J connectivity index is 2.37. The molecule has 0 saturated heterocycles. The standard InChI is InChI=1S/C16H21NO5S3/c1-3-11-24(18,19)17-12-15(13-6-8-14(22-2)9-7-13)25(20,21)16-5-4-10-23-16/h4-10,15,17H,3,11-12H2,1-2H3/t15-/m0/s1. The lowest BCUT2D eigenvalue weighted by molar-refractivity contribution is 0.414. The Labute approximate surface area is 152 Å². The van der Waals surface area contributed by atoms with Gasteiger partial charge >= 0.3 is 0 Å². The van der Waals surface area contributed by atoms with Gasteiger partial charge in [-0.2, -0.15) is 0 Å². The van der Waals surface area contributed by atoms with Crippen LogP contribution in [-0.4, -0.2) is 36.2 Å². The molecule has 0 radical (unpaired) electrons. The molecule has 1 N–H and O–H groups in total. The van der Waals surface area contributed by atoms with E-state index in [0.29, 0.717) is 17.7 Å². The lowest BCUT2D eigenvalue weighted by Crippen LogP contribution is -2.33. The van der Waals surface area contributed by atoms with E-state index in [9.17, 15) is 16.8 Å². The molecule has 0 amide bonds. The number of ether oxygens (including phenoxy) is 1. The summed E-state index contributed by atoms with van der Waals surface area (Å²) in [5, 5.41) is 0.669. The van der Waals surface area contributed by atoms with Crippen molar-refractivity contribution in [1.82, 2.24) is 4.72 Å². The Kier molecular flexibility index (Phi) is 6.61. The summed E-state index contributed by atoms with van der Waals surface area (Å²) in [6, 6.07) is 9.78. The van der Waals surface area contributed by atoms with E-state index in [1.54, 1.807) is 42.6 Å². The lowest BCUT2D eigenvalue weighted by atomic mass is 10.1. The van der Waals surface area contributed by atoms with E-state index in [4.69, 9.17) is 4.74 Å². The van der Waals surface area contributed by atoms with Crippen molar-refractivity contribution in [2.24, 2.45) is 0 Å². The van der Waals surface area contributed by atoms with Crippen LogP contribution < -0.4 is 9.46 Å². The van der Waals surface area contributed by atoms with Gasteiger partial charge in [-0.15, -0.1) is 11.3 Å². The van der Waals surface area contributed by atoms with Gasteiger partial charge in [0, 0.05) is 6.54 Å². The maximum Gasteiger partial charge on any atom is 0.211 e. The number of nitrogens with one attached hydrogen (secondary N) is 1. The minimum Gasteiger partial charge on any atom is -0.497 e. The Bertz CT molecular complexity index is 872. The molecule has 0 saturated carbocycles. The highest BCUT2D eigenvalue weighted by molar-refractivity contribution is 7.93. The summed E-state index contributed by atoms with van der Waals surface area (Å²) >= 11 is 1.11. The van der Waals surface area contributed by atoms with Crippen molar-refractivity contribution in [3.05, 3.63) is 47.3 Å². The third kappa shape index (κ3) is 5.04. The lowest BCUT2D eigenvalue weighted by Gasteiger charge is -2.18. The molecule has 1 aromatic carbocycles. The summed E-state index contributed by atoms with van der Waals surface area (Å²) in [5.41, 5.74) is 0.508. The third-order valence-electron chi connectivity index (χ3n) is 3.60. The Hall–Kier alpha value is -1.42. The average Bonchev–Trinajstić information content (AvgIpc) is 3.10. The summed E-state index contributed by atoms with van der Waals surface area (Å²) in [6.07, 6.45) is 0.459. The van der Waals surface area contributed by atoms with Crippen molar-refractivity contribution in [2.45, 2.75) is 22.8 Å². The topological polar surface area (TPSA) is 89.5 Å². The predicted octanol–water partition coefficient (Wildman–Crippen LogP) is 2.60. The summed E-state index contributed by atoms with van der Waals surface area (Å²) in [4.78, 5) is 0. The molecule has 0 spiro atoms. The Morgan fingerprint density at radius 2 is 1.80 bits per heavy atom. The number of benzene rings is 1. The van der Waals surface area contributed by atoms with E-state index in [1.165, 1.54) is 13.2 Å². The minimum absolute atomic E-state index is 0.0403. The zero-order valence-electron chi connectivity index (χ0n) is 14.0. The first-order valence-corrected chi connectivity index (χ1v) is 11.8. The van der Waals surface area contributed by atoms with E-state index >= 15 is 0 Å². The first kappa shape index (κ1) is 19.9. The molecule has 0 aliphatic heterocycles. The Morgan fingerprint density at radius 1 is 1.12 bits per heavy atom. The maximum absolute atomic E-state index is 13.0. The van der Waals surface area contributed by atoms with Crippen molar-refractivity contribution in [2.75, 3.05) is 19.4 Å². The second-order valence-corrected chi connectivity index (χ2v) is 10.6. The summed E-state index contributed by atoms with van der Waals surface area (Å²) < 4.78 is 57.6. The molecular weight excluding hydrogens is 382 g/mol. The molecule has 6 nitrogen and oxygen atoms in total. The quantitative estimate of drug-likeness (QED) is 0.695. The van der Waals surface area contributed by atoms with Crippen LogP contribution in [0.25, 0.3) is 0 Å². The van der Waals surface area contributed by atoms with Crippen molar-refractivity contribution in [3.63, 3.8) is 0 Å². The first-order chi connectivity index (χ1) is 11.8. The van der Waals surface area contributed by atoms with Crippen molar-refractivity contribution < 1.29 is 21.6 Å². The zero-order valence-corrected chi connectivity index (χ0v) is 16.5. The van der Waals surface area contributed by atoms with Crippen LogP contribution in [-0.2, 0) is 19.9 Å². The molecule has 25 heavy (non-hydrogen) atoms. The normalized spacial score (nSPS) is 13.5. The van der Waals surface area contributed by atoms with Gasteiger partial charge in [-0.1, -0.05) is 25.1 Å². The van der Waals surface area contributed by atoms with Gasteiger partial charge in [0.25, 0.3) is 0 Å². The number of thiophene rings is 1. The van der Waals surface area contributed by atoms with Crippen LogP contribution in [0.5, 0.6) is 5.75 Å². The molecule has 2 rings (SSSR count). The molecule has 0 bridgehead atoms. The number of sulfone groups is 1. The maximum atomic E-state index is 13.0. The van der Waals surface area contributed by atoms with Crippen molar-refractivity contribution in [1.29, 1.82) is 0 Å². The van der Waals surface area contributed by atoms with Crippen LogP contribution in [0.1, 0.15) is 24.2 Å². The molecule has 0 aliphatic rings. The van der Waals surface area contributed by atoms with Crippen molar-refractivity contribution in [3.8, 4) is 5.75 Å². The second-order valence-electron chi connectivity index (χ2n) is 5.41. The van der Waals surface area contributed by atoms with Crippen LogP contribution in [0.3, 0.4) is 0 Å². The van der Waals surface area contributed by atoms with Gasteiger partial charge in [0.05, 0.1) is 12.9 Å². The summed E-state index contributed by atoms with van der Waals surface area (Å²) in [6.45, 7) is 1.54. The highest BCUT2D eigenvalue weighted by Crippen LogP contribution is 2.32.